The van der Waals surface area contributed by atoms with Crippen molar-refractivity contribution < 1.29 is 19.0 Å². The van der Waals surface area contributed by atoms with E-state index in [1.54, 1.807) is 36.4 Å². The highest BCUT2D eigenvalue weighted by molar-refractivity contribution is 5.86. The number of phenols is 1. The summed E-state index contributed by atoms with van der Waals surface area (Å²) in [6.07, 6.45) is 10.8. The summed E-state index contributed by atoms with van der Waals surface area (Å²) in [6.45, 7) is 4.79. The van der Waals surface area contributed by atoms with Crippen LogP contribution < -0.4 is 15.1 Å². The normalized spacial score (nSPS) is 11.3. The summed E-state index contributed by atoms with van der Waals surface area (Å²) in [5.74, 6) is 1.16. The van der Waals surface area contributed by atoms with Gasteiger partial charge in [0.25, 0.3) is 0 Å². The fourth-order valence-electron chi connectivity index (χ4n) is 3.68. The molecule has 0 spiro atoms. The Kier molecular flexibility index (Phi) is 8.37. The first-order chi connectivity index (χ1) is 15.5. The van der Waals surface area contributed by atoms with Gasteiger partial charge in [-0.3, -0.25) is 0 Å². The predicted molar refractivity (Wildman–Crippen MR) is 130 cm³/mol. The SMILES string of the molecule is CCCCCCCCOc1ccc2c(C)c(/C=C/c3ccc(O)c(OC)c3)c(=O)oc2c1. The minimum atomic E-state index is -0.398. The Balaban J connectivity index is 1.72. The minimum absolute atomic E-state index is 0.0700. The van der Waals surface area contributed by atoms with Gasteiger partial charge in [0.1, 0.15) is 11.3 Å². The van der Waals surface area contributed by atoms with Crippen molar-refractivity contribution >= 4 is 23.1 Å². The van der Waals surface area contributed by atoms with Crippen LogP contribution in [0.5, 0.6) is 17.2 Å². The molecule has 0 amide bonds. The molecule has 0 saturated heterocycles. The van der Waals surface area contributed by atoms with Crippen molar-refractivity contribution in [3.8, 4) is 17.2 Å². The zero-order valence-electron chi connectivity index (χ0n) is 19.1. The molecule has 3 aromatic rings. The number of aryl methyl sites for hydroxylation is 1. The van der Waals surface area contributed by atoms with Gasteiger partial charge in [0.15, 0.2) is 11.5 Å². The number of methoxy groups -OCH3 is 1. The number of benzene rings is 2. The average Bonchev–Trinajstić information content (AvgIpc) is 2.79. The predicted octanol–water partition coefficient (Wildman–Crippen LogP) is 6.73. The first-order valence-corrected chi connectivity index (χ1v) is 11.3. The van der Waals surface area contributed by atoms with Crippen LogP contribution in [0.3, 0.4) is 0 Å². The first-order valence-electron chi connectivity index (χ1n) is 11.3. The van der Waals surface area contributed by atoms with Gasteiger partial charge in [0.05, 0.1) is 19.3 Å². The fourth-order valence-corrected chi connectivity index (χ4v) is 3.68. The molecule has 0 atom stereocenters. The van der Waals surface area contributed by atoms with E-state index in [4.69, 9.17) is 13.9 Å². The third-order valence-electron chi connectivity index (χ3n) is 5.60. The summed E-state index contributed by atoms with van der Waals surface area (Å²) >= 11 is 0. The summed E-state index contributed by atoms with van der Waals surface area (Å²) in [6, 6.07) is 10.7. The maximum absolute atomic E-state index is 12.6. The van der Waals surface area contributed by atoms with Crippen molar-refractivity contribution in [3.63, 3.8) is 0 Å². The Bertz CT molecular complexity index is 1130. The lowest BCUT2D eigenvalue weighted by atomic mass is 10.0. The van der Waals surface area contributed by atoms with Gasteiger partial charge in [-0.15, -0.1) is 0 Å². The van der Waals surface area contributed by atoms with Crippen molar-refractivity contribution in [1.29, 1.82) is 0 Å². The van der Waals surface area contributed by atoms with Crippen LogP contribution >= 0.6 is 0 Å². The van der Waals surface area contributed by atoms with Crippen LogP contribution in [-0.4, -0.2) is 18.8 Å². The van der Waals surface area contributed by atoms with E-state index < -0.39 is 5.63 Å². The number of phenolic OH excluding ortho intramolecular Hbond substituents is 1. The van der Waals surface area contributed by atoms with Crippen LogP contribution in [0.15, 0.2) is 45.6 Å². The number of rotatable bonds is 11. The average molecular weight is 437 g/mol. The van der Waals surface area contributed by atoms with Gasteiger partial charge < -0.3 is 19.0 Å². The van der Waals surface area contributed by atoms with Gasteiger partial charge in [-0.05, 0) is 54.8 Å². The molecule has 0 fully saturated rings. The zero-order chi connectivity index (χ0) is 22.9. The fraction of sp³-hybridized carbons (Fsp3) is 0.370. The quantitative estimate of drug-likeness (QED) is 0.267. The third-order valence-corrected chi connectivity index (χ3v) is 5.60. The number of hydrogen-bond donors (Lipinski definition) is 1. The molecule has 1 N–H and O–H groups in total. The monoisotopic (exact) mass is 436 g/mol. The molecule has 2 aromatic carbocycles. The number of hydrogen-bond acceptors (Lipinski definition) is 5. The van der Waals surface area contributed by atoms with Gasteiger partial charge in [-0.25, -0.2) is 4.79 Å². The molecular weight excluding hydrogens is 404 g/mol. The molecule has 0 aliphatic heterocycles. The molecule has 0 aliphatic rings. The minimum Gasteiger partial charge on any atom is -0.504 e. The summed E-state index contributed by atoms with van der Waals surface area (Å²) in [5, 5.41) is 10.6. The van der Waals surface area contributed by atoms with Crippen LogP contribution in [0.1, 0.15) is 62.1 Å². The summed E-state index contributed by atoms with van der Waals surface area (Å²) in [4.78, 5) is 12.6. The molecule has 0 radical (unpaired) electrons. The van der Waals surface area contributed by atoms with E-state index in [0.717, 1.165) is 22.9 Å². The Morgan fingerprint density at radius 2 is 1.78 bits per heavy atom. The first kappa shape index (κ1) is 23.5. The molecule has 1 aromatic heterocycles. The second-order valence-corrected chi connectivity index (χ2v) is 7.97. The van der Waals surface area contributed by atoms with Crippen LogP contribution in [0, 0.1) is 6.92 Å². The smallest absolute Gasteiger partial charge is 0.343 e. The van der Waals surface area contributed by atoms with E-state index in [2.05, 4.69) is 6.92 Å². The van der Waals surface area contributed by atoms with Crippen molar-refractivity contribution in [2.24, 2.45) is 0 Å². The van der Waals surface area contributed by atoms with Crippen LogP contribution in [0.4, 0.5) is 0 Å². The highest BCUT2D eigenvalue weighted by Gasteiger charge is 2.10. The third kappa shape index (κ3) is 5.94. The summed E-state index contributed by atoms with van der Waals surface area (Å²) < 4.78 is 16.6. The van der Waals surface area contributed by atoms with Crippen LogP contribution in [0.2, 0.25) is 0 Å². The lowest BCUT2D eigenvalue weighted by molar-refractivity contribution is 0.304. The Hall–Kier alpha value is -3.21. The van der Waals surface area contributed by atoms with Crippen molar-refractivity contribution in [1.82, 2.24) is 0 Å². The molecule has 1 heterocycles. The highest BCUT2D eigenvalue weighted by Crippen LogP contribution is 2.28. The largest absolute Gasteiger partial charge is 0.504 e. The Morgan fingerprint density at radius 1 is 1.00 bits per heavy atom. The maximum atomic E-state index is 12.6. The number of unbranched alkanes of at least 4 members (excludes halogenated alkanes) is 5. The molecule has 5 nitrogen and oxygen atoms in total. The van der Waals surface area contributed by atoms with E-state index in [0.29, 0.717) is 29.3 Å². The van der Waals surface area contributed by atoms with Crippen molar-refractivity contribution in [2.45, 2.75) is 52.4 Å². The lowest BCUT2D eigenvalue weighted by Gasteiger charge is -2.09. The molecule has 3 rings (SSSR count). The van der Waals surface area contributed by atoms with Crippen molar-refractivity contribution in [3.05, 3.63) is 63.5 Å². The van der Waals surface area contributed by atoms with Crippen LogP contribution in [-0.2, 0) is 0 Å². The van der Waals surface area contributed by atoms with E-state index in [9.17, 15) is 9.90 Å². The number of ether oxygens (including phenoxy) is 2. The Labute approximate surface area is 189 Å². The lowest BCUT2D eigenvalue weighted by Crippen LogP contribution is -2.06. The van der Waals surface area contributed by atoms with Gasteiger partial charge in [0.2, 0.25) is 0 Å². The van der Waals surface area contributed by atoms with E-state index >= 15 is 0 Å². The van der Waals surface area contributed by atoms with Crippen molar-refractivity contribution in [2.75, 3.05) is 13.7 Å². The molecule has 0 aliphatic carbocycles. The van der Waals surface area contributed by atoms with Gasteiger partial charge >= 0.3 is 5.63 Å². The van der Waals surface area contributed by atoms with Gasteiger partial charge in [-0.2, -0.15) is 0 Å². The van der Waals surface area contributed by atoms with E-state index in [1.165, 1.54) is 39.2 Å². The second-order valence-electron chi connectivity index (χ2n) is 7.97. The molecule has 5 heteroatoms. The standard InChI is InChI=1S/C27H32O5/c1-4-5-6-7-8-9-16-31-21-12-14-22-19(2)23(27(29)32-25(22)18-21)13-10-20-11-15-24(28)26(17-20)30-3/h10-15,17-18,28H,4-9,16H2,1-3H3/b13-10+. The molecule has 0 bridgehead atoms. The highest BCUT2D eigenvalue weighted by atomic mass is 16.5. The topological polar surface area (TPSA) is 68.9 Å². The summed E-state index contributed by atoms with van der Waals surface area (Å²) in [5.41, 5.74) is 2.27. The number of aromatic hydroxyl groups is 1. The van der Waals surface area contributed by atoms with E-state index in [1.807, 2.05) is 19.1 Å². The summed E-state index contributed by atoms with van der Waals surface area (Å²) in [7, 11) is 1.50. The van der Waals surface area contributed by atoms with Crippen LogP contribution in [0.25, 0.3) is 23.1 Å². The second kappa shape index (κ2) is 11.4. The van der Waals surface area contributed by atoms with Gasteiger partial charge in [-0.1, -0.05) is 51.2 Å². The molecule has 32 heavy (non-hydrogen) atoms. The molecular formula is C27H32O5. The molecule has 0 unspecified atom stereocenters. The Morgan fingerprint density at radius 3 is 2.56 bits per heavy atom. The van der Waals surface area contributed by atoms with E-state index in [-0.39, 0.29) is 5.75 Å². The zero-order valence-corrected chi connectivity index (χ0v) is 19.1. The van der Waals surface area contributed by atoms with Gasteiger partial charge in [0, 0.05) is 11.5 Å². The number of fused-ring (bicyclic) bond motifs is 1. The maximum Gasteiger partial charge on any atom is 0.343 e. The molecule has 170 valence electrons. The molecule has 0 saturated carbocycles.